The average Bonchev–Trinajstić information content (AvgIpc) is 3.12. The number of rotatable bonds is 3. The average molecular weight is 263 g/mol. The molecule has 6 heteroatoms. The number of carbonyl (C=O) groups excluding carboxylic acids is 1. The molecule has 1 amide bonds. The molecule has 1 aromatic rings. The highest BCUT2D eigenvalue weighted by Crippen LogP contribution is 2.24. The van der Waals surface area contributed by atoms with E-state index in [4.69, 9.17) is 0 Å². The van der Waals surface area contributed by atoms with Crippen LogP contribution in [-0.4, -0.2) is 51.5 Å². The third kappa shape index (κ3) is 2.94. The van der Waals surface area contributed by atoms with Crippen molar-refractivity contribution in [3.63, 3.8) is 0 Å². The fraction of sp³-hybridized carbons (Fsp3) is 0.769. The van der Waals surface area contributed by atoms with Crippen LogP contribution in [-0.2, 0) is 11.3 Å². The number of hydrogen-bond acceptors (Lipinski definition) is 4. The second kappa shape index (κ2) is 5.69. The van der Waals surface area contributed by atoms with E-state index in [1.807, 2.05) is 4.90 Å². The minimum atomic E-state index is 0.160. The van der Waals surface area contributed by atoms with Gasteiger partial charge in [-0.2, -0.15) is 0 Å². The first kappa shape index (κ1) is 12.6. The monoisotopic (exact) mass is 263 g/mol. The van der Waals surface area contributed by atoms with E-state index in [0.29, 0.717) is 18.5 Å². The van der Waals surface area contributed by atoms with Crippen LogP contribution in [0.5, 0.6) is 0 Å². The van der Waals surface area contributed by atoms with E-state index in [1.54, 1.807) is 17.1 Å². The highest BCUT2D eigenvalue weighted by molar-refractivity contribution is 5.76. The summed E-state index contributed by atoms with van der Waals surface area (Å²) in [6.45, 7) is 3.22. The fourth-order valence-corrected chi connectivity index (χ4v) is 3.23. The van der Waals surface area contributed by atoms with Crippen molar-refractivity contribution in [2.75, 3.05) is 19.6 Å². The molecule has 0 bridgehead atoms. The second-order valence-electron chi connectivity index (χ2n) is 5.55. The lowest BCUT2D eigenvalue weighted by Gasteiger charge is -2.35. The number of nitrogens with one attached hydrogen (secondary N) is 1. The molecule has 1 aromatic heterocycles. The van der Waals surface area contributed by atoms with Gasteiger partial charge >= 0.3 is 0 Å². The third-order valence-corrected chi connectivity index (χ3v) is 4.25. The Morgan fingerprint density at radius 3 is 3.05 bits per heavy atom. The predicted molar refractivity (Wildman–Crippen MR) is 70.4 cm³/mol. The van der Waals surface area contributed by atoms with Gasteiger partial charge in [0.25, 0.3) is 0 Å². The normalized spacial score (nSPS) is 27.7. The van der Waals surface area contributed by atoms with Gasteiger partial charge in [-0.25, -0.2) is 4.68 Å². The topological polar surface area (TPSA) is 63.1 Å². The van der Waals surface area contributed by atoms with Crippen molar-refractivity contribution < 1.29 is 4.79 Å². The van der Waals surface area contributed by atoms with Crippen molar-refractivity contribution in [3.05, 3.63) is 12.4 Å². The summed E-state index contributed by atoms with van der Waals surface area (Å²) in [7, 11) is 0. The molecule has 0 saturated carbocycles. The first-order valence-electron chi connectivity index (χ1n) is 7.18. The quantitative estimate of drug-likeness (QED) is 0.850. The van der Waals surface area contributed by atoms with Crippen molar-refractivity contribution in [3.8, 4) is 0 Å². The summed E-state index contributed by atoms with van der Waals surface area (Å²) in [6.07, 6.45) is 8.23. The van der Waals surface area contributed by atoms with Crippen LogP contribution in [0.2, 0.25) is 0 Å². The van der Waals surface area contributed by atoms with Gasteiger partial charge in [-0.05, 0) is 38.1 Å². The van der Waals surface area contributed by atoms with Crippen LogP contribution in [0.15, 0.2) is 12.4 Å². The lowest BCUT2D eigenvalue weighted by Crippen LogP contribution is -2.46. The summed E-state index contributed by atoms with van der Waals surface area (Å²) >= 11 is 0. The largest absolute Gasteiger partial charge is 0.341 e. The van der Waals surface area contributed by atoms with Gasteiger partial charge in [0.1, 0.15) is 6.54 Å². The molecule has 0 aliphatic carbocycles. The van der Waals surface area contributed by atoms with Crippen LogP contribution >= 0.6 is 0 Å². The molecule has 6 nitrogen and oxygen atoms in total. The van der Waals surface area contributed by atoms with Gasteiger partial charge in [0.05, 0.1) is 6.20 Å². The third-order valence-electron chi connectivity index (χ3n) is 4.25. The smallest absolute Gasteiger partial charge is 0.244 e. The van der Waals surface area contributed by atoms with Gasteiger partial charge in [0, 0.05) is 25.3 Å². The summed E-state index contributed by atoms with van der Waals surface area (Å²) in [6, 6.07) is 0.613. The Morgan fingerprint density at radius 1 is 1.37 bits per heavy atom. The van der Waals surface area contributed by atoms with Crippen LogP contribution in [0.1, 0.15) is 25.7 Å². The summed E-state index contributed by atoms with van der Waals surface area (Å²) in [5, 5.41) is 11.2. The van der Waals surface area contributed by atoms with Crippen molar-refractivity contribution in [2.45, 2.75) is 38.3 Å². The lowest BCUT2D eigenvalue weighted by atomic mass is 9.90. The highest BCUT2D eigenvalue weighted by atomic mass is 16.2. The zero-order valence-corrected chi connectivity index (χ0v) is 11.2. The number of hydrogen-bond donors (Lipinski definition) is 1. The second-order valence-corrected chi connectivity index (χ2v) is 5.55. The van der Waals surface area contributed by atoms with Crippen LogP contribution in [0.25, 0.3) is 0 Å². The summed E-state index contributed by atoms with van der Waals surface area (Å²) in [5.41, 5.74) is 0. The number of piperidine rings is 1. The first-order valence-corrected chi connectivity index (χ1v) is 7.18. The van der Waals surface area contributed by atoms with E-state index in [-0.39, 0.29) is 5.91 Å². The molecule has 3 rings (SSSR count). The molecule has 2 atom stereocenters. The number of carbonyl (C=O) groups is 1. The van der Waals surface area contributed by atoms with E-state index in [1.165, 1.54) is 19.3 Å². The van der Waals surface area contributed by atoms with E-state index in [9.17, 15) is 4.79 Å². The molecular formula is C13H21N5O. The van der Waals surface area contributed by atoms with E-state index in [0.717, 1.165) is 26.1 Å². The van der Waals surface area contributed by atoms with Crippen molar-refractivity contribution >= 4 is 5.91 Å². The zero-order chi connectivity index (χ0) is 13.1. The van der Waals surface area contributed by atoms with Crippen molar-refractivity contribution in [1.29, 1.82) is 0 Å². The Bertz CT molecular complexity index is 413. The van der Waals surface area contributed by atoms with Gasteiger partial charge < -0.3 is 10.2 Å². The number of amides is 1. The zero-order valence-electron chi connectivity index (χ0n) is 11.2. The highest BCUT2D eigenvalue weighted by Gasteiger charge is 2.30. The molecule has 2 saturated heterocycles. The molecule has 0 spiro atoms. The maximum atomic E-state index is 12.2. The molecule has 2 fully saturated rings. The Balaban J connectivity index is 1.56. The maximum absolute atomic E-state index is 12.2. The standard InChI is InChI=1S/C13H21N5O/c19-13(10-18-8-6-15-16-18)17-7-2-3-11(9-17)12-4-1-5-14-12/h6,8,11-12,14H,1-5,7,9-10H2. The maximum Gasteiger partial charge on any atom is 0.244 e. The summed E-state index contributed by atoms with van der Waals surface area (Å²) < 4.78 is 1.60. The number of aromatic nitrogens is 3. The fourth-order valence-electron chi connectivity index (χ4n) is 3.23. The van der Waals surface area contributed by atoms with Crippen LogP contribution in [0, 0.1) is 5.92 Å². The van der Waals surface area contributed by atoms with Gasteiger partial charge in [0.2, 0.25) is 5.91 Å². The molecule has 0 radical (unpaired) electrons. The first-order chi connectivity index (χ1) is 9.33. The molecule has 19 heavy (non-hydrogen) atoms. The minimum Gasteiger partial charge on any atom is -0.341 e. The van der Waals surface area contributed by atoms with E-state index < -0.39 is 0 Å². The molecule has 2 unspecified atom stereocenters. The van der Waals surface area contributed by atoms with Crippen LogP contribution in [0.3, 0.4) is 0 Å². The van der Waals surface area contributed by atoms with Crippen LogP contribution in [0.4, 0.5) is 0 Å². The van der Waals surface area contributed by atoms with Gasteiger partial charge in [0.15, 0.2) is 0 Å². The minimum absolute atomic E-state index is 0.160. The molecule has 2 aliphatic heterocycles. The molecule has 2 aliphatic rings. The molecule has 1 N–H and O–H groups in total. The van der Waals surface area contributed by atoms with Crippen molar-refractivity contribution in [2.24, 2.45) is 5.92 Å². The van der Waals surface area contributed by atoms with Crippen molar-refractivity contribution in [1.82, 2.24) is 25.2 Å². The SMILES string of the molecule is O=C(Cn1ccnn1)N1CCCC(C2CCCN2)C1. The number of likely N-dealkylation sites (tertiary alicyclic amines) is 1. The molecule has 104 valence electrons. The molecular weight excluding hydrogens is 242 g/mol. The Kier molecular flexibility index (Phi) is 3.77. The lowest BCUT2D eigenvalue weighted by molar-refractivity contribution is -0.134. The van der Waals surface area contributed by atoms with Gasteiger partial charge in [-0.3, -0.25) is 4.79 Å². The summed E-state index contributed by atoms with van der Waals surface area (Å²) in [5.74, 6) is 0.782. The molecule has 3 heterocycles. The van der Waals surface area contributed by atoms with E-state index in [2.05, 4.69) is 15.6 Å². The Labute approximate surface area is 113 Å². The Hall–Kier alpha value is -1.43. The number of nitrogens with zero attached hydrogens (tertiary/aromatic N) is 4. The van der Waals surface area contributed by atoms with Gasteiger partial charge in [-0.1, -0.05) is 5.21 Å². The summed E-state index contributed by atoms with van der Waals surface area (Å²) in [4.78, 5) is 14.2. The van der Waals surface area contributed by atoms with Gasteiger partial charge in [-0.15, -0.1) is 5.10 Å². The predicted octanol–water partition coefficient (Wildman–Crippen LogP) is 0.269. The van der Waals surface area contributed by atoms with Crippen LogP contribution < -0.4 is 5.32 Å². The van der Waals surface area contributed by atoms with E-state index >= 15 is 0 Å². The Morgan fingerprint density at radius 2 is 2.32 bits per heavy atom. The molecule has 0 aromatic carbocycles.